The zero-order chi connectivity index (χ0) is 38.2. The van der Waals surface area contributed by atoms with Gasteiger partial charge in [0.15, 0.2) is 0 Å². The lowest BCUT2D eigenvalue weighted by Gasteiger charge is -2.62. The highest BCUT2D eigenvalue weighted by Gasteiger charge is 2.57. The number of amides is 2. The van der Waals surface area contributed by atoms with Crippen LogP contribution in [0, 0.1) is 29.1 Å². The van der Waals surface area contributed by atoms with E-state index in [-0.39, 0.29) is 42.5 Å². The van der Waals surface area contributed by atoms with Gasteiger partial charge >= 0.3 is 0 Å². The number of methoxy groups -OCH3 is 1. The van der Waals surface area contributed by atoms with Crippen molar-refractivity contribution >= 4 is 17.5 Å². The predicted molar refractivity (Wildman–Crippen MR) is 207 cm³/mol. The molecule has 1 aliphatic heterocycles. The minimum absolute atomic E-state index is 0.0393. The van der Waals surface area contributed by atoms with E-state index in [0.717, 1.165) is 40.8 Å². The van der Waals surface area contributed by atoms with E-state index >= 15 is 0 Å². The molecule has 2 bridgehead atoms. The van der Waals surface area contributed by atoms with Gasteiger partial charge in [-0.15, -0.1) is 0 Å². The van der Waals surface area contributed by atoms with Crippen molar-refractivity contribution < 1.29 is 29.4 Å². The van der Waals surface area contributed by atoms with Crippen LogP contribution in [-0.4, -0.2) is 79.2 Å². The highest BCUT2D eigenvalue weighted by molar-refractivity contribution is 5.97. The average molecular weight is 727 g/mol. The molecule has 7 rings (SSSR count). The Kier molecular flexibility index (Phi) is 11.5. The summed E-state index contributed by atoms with van der Waals surface area (Å²) in [5.41, 5.74) is 5.05. The van der Waals surface area contributed by atoms with Crippen molar-refractivity contribution in [3.8, 4) is 16.9 Å². The summed E-state index contributed by atoms with van der Waals surface area (Å²) in [6.45, 7) is 10.4. The van der Waals surface area contributed by atoms with E-state index in [9.17, 15) is 19.8 Å². The molecule has 4 N–H and O–H groups in total. The molecule has 3 aliphatic carbocycles. The molecule has 0 radical (unpaired) electrons. The van der Waals surface area contributed by atoms with E-state index in [1.54, 1.807) is 19.1 Å². The lowest BCUT2D eigenvalue weighted by atomic mass is 9.45. The first-order valence-corrected chi connectivity index (χ1v) is 19.2. The van der Waals surface area contributed by atoms with Gasteiger partial charge in [0, 0.05) is 48.4 Å². The summed E-state index contributed by atoms with van der Waals surface area (Å²) >= 11 is 0. The number of benzene rings is 3. The van der Waals surface area contributed by atoms with Crippen LogP contribution in [0.1, 0.15) is 81.4 Å². The van der Waals surface area contributed by atoms with Crippen LogP contribution in [0.4, 0.5) is 5.69 Å². The van der Waals surface area contributed by atoms with E-state index in [0.29, 0.717) is 29.1 Å². The fraction of sp³-hybridized carbons (Fsp3) is 0.535. The minimum atomic E-state index is -0.898. The van der Waals surface area contributed by atoms with E-state index in [1.807, 2.05) is 85.7 Å². The Bertz CT molecular complexity index is 1760. The molecule has 0 unspecified atom stereocenters. The van der Waals surface area contributed by atoms with Crippen molar-refractivity contribution in [3.63, 3.8) is 0 Å². The number of nitrogens with one attached hydrogen (secondary N) is 2. The predicted octanol–water partition coefficient (Wildman–Crippen LogP) is 5.97. The monoisotopic (exact) mass is 726 g/mol. The van der Waals surface area contributed by atoms with Gasteiger partial charge in [-0.05, 0) is 78.7 Å². The molecule has 286 valence electrons. The molecule has 10 nitrogen and oxygen atoms in total. The molecule has 9 atom stereocenters. The first-order valence-electron chi connectivity index (χ1n) is 19.2. The summed E-state index contributed by atoms with van der Waals surface area (Å²) in [6.07, 6.45) is 1.23. The number of carbonyl (C=O) groups excluding carboxylic acids is 2. The number of fused-ring (bicyclic) bond motifs is 2. The lowest BCUT2D eigenvalue weighted by molar-refractivity contribution is -0.183. The van der Waals surface area contributed by atoms with Crippen molar-refractivity contribution in [2.45, 2.75) is 90.8 Å². The van der Waals surface area contributed by atoms with E-state index in [4.69, 9.17) is 9.57 Å². The Hall–Kier alpha value is -3.96. The first kappa shape index (κ1) is 38.8. The molecule has 0 aromatic heterocycles. The summed E-state index contributed by atoms with van der Waals surface area (Å²) in [6, 6.07) is 20.6. The summed E-state index contributed by atoms with van der Waals surface area (Å²) in [5.74, 6) is 1.03. The fourth-order valence-electron chi connectivity index (χ4n) is 9.33. The van der Waals surface area contributed by atoms with Crippen molar-refractivity contribution in [2.24, 2.45) is 29.1 Å². The van der Waals surface area contributed by atoms with Gasteiger partial charge in [-0.3, -0.25) is 14.4 Å². The van der Waals surface area contributed by atoms with Crippen molar-refractivity contribution in [3.05, 3.63) is 83.4 Å². The molecule has 4 aliphatic rings. The highest BCUT2D eigenvalue weighted by atomic mass is 16.7. The van der Waals surface area contributed by atoms with Crippen LogP contribution in [0.3, 0.4) is 0 Å². The van der Waals surface area contributed by atoms with Gasteiger partial charge in [-0.25, -0.2) is 0 Å². The Morgan fingerprint density at radius 3 is 2.42 bits per heavy atom. The number of hydrogen-bond donors (Lipinski definition) is 4. The molecule has 1 heterocycles. The molecule has 3 saturated carbocycles. The van der Waals surface area contributed by atoms with Crippen LogP contribution in [-0.2, 0) is 16.2 Å². The minimum Gasteiger partial charge on any atom is -0.496 e. The molecule has 1 saturated heterocycles. The number of anilines is 1. The standard InChI is InChI=1S/C43H58N4O6/c1-9-35(27-14-11-10-12-15-27)44-41(50)30-18-29(19-32(20-30)46(6)7)33-17-13-16-28(40(33)52-8)23-47-39(38(26(3)49)37(24-48)53-47)42(51)45-36-22-31-21-34(25(36)2)43(31,4)5/h10-20,25-26,31,34-39,48-49H,9,21-24H2,1-8H3,(H,44,50)(H,45,51)/t25-,26-,31+,34+,35+,36-,37-,38+,39-/m0/s1. The summed E-state index contributed by atoms with van der Waals surface area (Å²) in [5, 5.41) is 29.5. The van der Waals surface area contributed by atoms with Crippen LogP contribution in [0.25, 0.3) is 11.1 Å². The van der Waals surface area contributed by atoms with E-state index < -0.39 is 24.2 Å². The van der Waals surface area contributed by atoms with Crippen LogP contribution < -0.4 is 20.3 Å². The third-order valence-corrected chi connectivity index (χ3v) is 12.6. The number of nitrogens with zero attached hydrogens (tertiary/aromatic N) is 2. The first-order chi connectivity index (χ1) is 25.3. The molecular formula is C43H58N4O6. The molecule has 4 fully saturated rings. The summed E-state index contributed by atoms with van der Waals surface area (Å²) in [7, 11) is 5.49. The summed E-state index contributed by atoms with van der Waals surface area (Å²) < 4.78 is 6.08. The summed E-state index contributed by atoms with van der Waals surface area (Å²) in [4.78, 5) is 36.3. The lowest BCUT2D eigenvalue weighted by Crippen LogP contribution is -2.62. The number of aliphatic hydroxyl groups excluding tert-OH is 2. The van der Waals surface area contributed by atoms with E-state index in [2.05, 4.69) is 38.3 Å². The quantitative estimate of drug-likeness (QED) is 0.170. The van der Waals surface area contributed by atoms with E-state index in [1.165, 1.54) is 6.42 Å². The van der Waals surface area contributed by atoms with Gasteiger partial charge in [0.25, 0.3) is 5.91 Å². The molecule has 3 aromatic rings. The Labute approximate surface area is 314 Å². The number of hydrogen-bond acceptors (Lipinski definition) is 8. The highest BCUT2D eigenvalue weighted by Crippen LogP contribution is 2.61. The maximum Gasteiger partial charge on any atom is 0.251 e. The molecule has 0 spiro atoms. The zero-order valence-electron chi connectivity index (χ0n) is 32.5. The molecule has 10 heteroatoms. The van der Waals surface area contributed by atoms with Crippen molar-refractivity contribution in [2.75, 3.05) is 32.7 Å². The fourth-order valence-corrected chi connectivity index (χ4v) is 9.33. The Morgan fingerprint density at radius 1 is 1.08 bits per heavy atom. The van der Waals surface area contributed by atoms with Crippen LogP contribution in [0.2, 0.25) is 0 Å². The Balaban J connectivity index is 1.29. The number of aliphatic hydroxyl groups is 2. The maximum atomic E-state index is 14.3. The molecule has 53 heavy (non-hydrogen) atoms. The average Bonchev–Trinajstić information content (AvgIpc) is 3.53. The van der Waals surface area contributed by atoms with Gasteiger partial charge in [0.1, 0.15) is 17.9 Å². The van der Waals surface area contributed by atoms with Gasteiger partial charge in [0.05, 0.1) is 32.4 Å². The van der Waals surface area contributed by atoms with Crippen molar-refractivity contribution in [1.29, 1.82) is 0 Å². The number of hydroxylamine groups is 2. The normalized spacial score (nSPS) is 27.3. The Morgan fingerprint density at radius 2 is 1.81 bits per heavy atom. The number of para-hydroxylation sites is 1. The second kappa shape index (κ2) is 15.8. The molecule has 3 aromatic carbocycles. The maximum absolute atomic E-state index is 14.3. The van der Waals surface area contributed by atoms with Crippen LogP contribution >= 0.6 is 0 Å². The molecular weight excluding hydrogens is 668 g/mol. The number of carbonyl (C=O) groups is 2. The third kappa shape index (κ3) is 7.56. The van der Waals surface area contributed by atoms with Gasteiger partial charge < -0.3 is 30.5 Å². The van der Waals surface area contributed by atoms with Gasteiger partial charge in [0.2, 0.25) is 5.91 Å². The van der Waals surface area contributed by atoms with Crippen LogP contribution in [0.15, 0.2) is 66.7 Å². The van der Waals surface area contributed by atoms with Gasteiger partial charge in [-0.2, -0.15) is 5.06 Å². The van der Waals surface area contributed by atoms with Crippen LogP contribution in [0.5, 0.6) is 5.75 Å². The topological polar surface area (TPSA) is 124 Å². The van der Waals surface area contributed by atoms with Crippen molar-refractivity contribution in [1.82, 2.24) is 15.7 Å². The number of rotatable bonds is 13. The molecule has 2 amide bonds. The van der Waals surface area contributed by atoms with Gasteiger partial charge in [-0.1, -0.05) is 76.2 Å². The second-order valence-electron chi connectivity index (χ2n) is 16.2. The smallest absolute Gasteiger partial charge is 0.251 e. The second-order valence-corrected chi connectivity index (χ2v) is 16.2. The third-order valence-electron chi connectivity index (χ3n) is 12.6. The SMILES string of the molecule is CC[C@@H](NC(=O)c1cc(-c2cccc(CN3O[C@@H](CO)[C@@H]([C@H](C)O)[C@H]3C(=O)N[C@H]3C[C@H]4C[C@H]([C@@H]3C)C4(C)C)c2OC)cc(N(C)C)c1)c1ccccc1. The number of ether oxygens (including phenoxy) is 1. The zero-order valence-corrected chi connectivity index (χ0v) is 32.5. The largest absolute Gasteiger partial charge is 0.496 e.